The molecular weight excluding hydrogens is 342 g/mol. The largest absolute Gasteiger partial charge is 0.395 e. The predicted molar refractivity (Wildman–Crippen MR) is 104 cm³/mol. The molecule has 0 bridgehead atoms. The van der Waals surface area contributed by atoms with Crippen molar-refractivity contribution in [3.05, 3.63) is 66.2 Å². The van der Waals surface area contributed by atoms with Crippen LogP contribution in [-0.2, 0) is 16.1 Å². The van der Waals surface area contributed by atoms with E-state index in [1.807, 2.05) is 60.7 Å². The van der Waals surface area contributed by atoms with Crippen molar-refractivity contribution in [1.82, 2.24) is 9.80 Å². The van der Waals surface area contributed by atoms with Crippen LogP contribution < -0.4 is 4.90 Å². The molecule has 142 valence electrons. The highest BCUT2D eigenvalue weighted by Crippen LogP contribution is 2.18. The van der Waals surface area contributed by atoms with Gasteiger partial charge in [-0.1, -0.05) is 48.5 Å². The third-order valence-corrected chi connectivity index (χ3v) is 4.76. The number of hydrogen-bond donors (Lipinski definition) is 1. The predicted octanol–water partition coefficient (Wildman–Crippen LogP) is 1.36. The van der Waals surface area contributed by atoms with E-state index in [0.29, 0.717) is 45.0 Å². The van der Waals surface area contributed by atoms with E-state index in [-0.39, 0.29) is 6.61 Å². The second-order valence-corrected chi connectivity index (χ2v) is 6.57. The number of carbonyl (C=O) groups excluding carboxylic acids is 2. The van der Waals surface area contributed by atoms with Gasteiger partial charge in [0.25, 0.3) is 0 Å². The van der Waals surface area contributed by atoms with Gasteiger partial charge in [0.1, 0.15) is 0 Å². The number of para-hydroxylation sites is 1. The number of benzene rings is 2. The Kier molecular flexibility index (Phi) is 6.57. The minimum absolute atomic E-state index is 0.103. The monoisotopic (exact) mass is 367 g/mol. The van der Waals surface area contributed by atoms with Gasteiger partial charge in [0, 0.05) is 38.4 Å². The summed E-state index contributed by atoms with van der Waals surface area (Å²) in [6, 6.07) is 18.9. The lowest BCUT2D eigenvalue weighted by atomic mass is 10.2. The zero-order valence-corrected chi connectivity index (χ0v) is 15.3. The van der Waals surface area contributed by atoms with Crippen LogP contribution in [0.1, 0.15) is 5.56 Å². The van der Waals surface area contributed by atoms with Crippen LogP contribution in [0.25, 0.3) is 0 Å². The van der Waals surface area contributed by atoms with E-state index in [1.54, 1.807) is 4.90 Å². The number of hydrogen-bond acceptors (Lipinski definition) is 4. The summed E-state index contributed by atoms with van der Waals surface area (Å²) in [6.07, 6.45) is 0. The number of anilines is 1. The number of aliphatic hydroxyl groups is 1. The van der Waals surface area contributed by atoms with Crippen LogP contribution in [0, 0.1) is 0 Å². The number of aliphatic hydroxyl groups excluding tert-OH is 1. The van der Waals surface area contributed by atoms with E-state index in [4.69, 9.17) is 5.11 Å². The van der Waals surface area contributed by atoms with E-state index in [0.717, 1.165) is 5.56 Å². The van der Waals surface area contributed by atoms with Gasteiger partial charge in [-0.05, 0) is 17.7 Å². The average molecular weight is 367 g/mol. The minimum atomic E-state index is -0.513. The molecule has 2 amide bonds. The van der Waals surface area contributed by atoms with Crippen molar-refractivity contribution in [1.29, 1.82) is 0 Å². The molecule has 2 aromatic carbocycles. The quantitative estimate of drug-likeness (QED) is 0.811. The van der Waals surface area contributed by atoms with E-state index in [2.05, 4.69) is 4.90 Å². The SMILES string of the molecule is O=C(C(=O)N(Cc1ccccc1)c1ccccc1)N1CCN(CCO)CC1. The molecule has 6 heteroatoms. The highest BCUT2D eigenvalue weighted by molar-refractivity contribution is 6.40. The first-order valence-corrected chi connectivity index (χ1v) is 9.22. The van der Waals surface area contributed by atoms with Crippen LogP contribution in [0.3, 0.4) is 0 Å². The Labute approximate surface area is 159 Å². The first kappa shape index (κ1) is 19.1. The lowest BCUT2D eigenvalue weighted by Gasteiger charge is -2.35. The van der Waals surface area contributed by atoms with Crippen LogP contribution >= 0.6 is 0 Å². The molecule has 1 heterocycles. The topological polar surface area (TPSA) is 64.1 Å². The maximum absolute atomic E-state index is 13.0. The van der Waals surface area contributed by atoms with Gasteiger partial charge in [-0.15, -0.1) is 0 Å². The van der Waals surface area contributed by atoms with Crippen LogP contribution in [-0.4, -0.2) is 66.1 Å². The molecule has 0 saturated carbocycles. The third kappa shape index (κ3) is 4.93. The number of piperazine rings is 1. The van der Waals surface area contributed by atoms with Gasteiger partial charge in [0.15, 0.2) is 0 Å². The van der Waals surface area contributed by atoms with Gasteiger partial charge in [0.2, 0.25) is 0 Å². The minimum Gasteiger partial charge on any atom is -0.395 e. The standard InChI is InChI=1S/C21H25N3O3/c25-16-15-22-11-13-23(14-12-22)20(26)21(27)24(19-9-5-2-6-10-19)17-18-7-3-1-4-8-18/h1-10,25H,11-17H2. The van der Waals surface area contributed by atoms with Gasteiger partial charge in [-0.25, -0.2) is 0 Å². The Bertz CT molecular complexity index is 744. The van der Waals surface area contributed by atoms with Crippen LogP contribution in [0.2, 0.25) is 0 Å². The van der Waals surface area contributed by atoms with Crippen LogP contribution in [0.4, 0.5) is 5.69 Å². The fraction of sp³-hybridized carbons (Fsp3) is 0.333. The first-order valence-electron chi connectivity index (χ1n) is 9.22. The molecular formula is C21H25N3O3. The molecule has 1 N–H and O–H groups in total. The van der Waals surface area contributed by atoms with Gasteiger partial charge < -0.3 is 10.0 Å². The summed E-state index contributed by atoms with van der Waals surface area (Å²) in [5, 5.41) is 9.04. The Balaban J connectivity index is 1.74. The molecule has 0 radical (unpaired) electrons. The van der Waals surface area contributed by atoms with E-state index < -0.39 is 11.8 Å². The van der Waals surface area contributed by atoms with Gasteiger partial charge >= 0.3 is 11.8 Å². The highest BCUT2D eigenvalue weighted by atomic mass is 16.3. The van der Waals surface area contributed by atoms with E-state index >= 15 is 0 Å². The number of amides is 2. The summed E-state index contributed by atoms with van der Waals surface area (Å²) in [5.41, 5.74) is 1.67. The second-order valence-electron chi connectivity index (χ2n) is 6.57. The van der Waals surface area contributed by atoms with Crippen molar-refractivity contribution in [3.63, 3.8) is 0 Å². The summed E-state index contributed by atoms with van der Waals surface area (Å²) in [5.74, 6) is -0.987. The Morgan fingerprint density at radius 1 is 0.889 bits per heavy atom. The van der Waals surface area contributed by atoms with Crippen molar-refractivity contribution in [2.45, 2.75) is 6.54 Å². The Morgan fingerprint density at radius 3 is 2.07 bits per heavy atom. The van der Waals surface area contributed by atoms with Crippen molar-refractivity contribution in [2.24, 2.45) is 0 Å². The molecule has 0 unspecified atom stereocenters. The molecule has 0 aromatic heterocycles. The fourth-order valence-corrected chi connectivity index (χ4v) is 3.22. The summed E-state index contributed by atoms with van der Waals surface area (Å²) >= 11 is 0. The van der Waals surface area contributed by atoms with Crippen molar-refractivity contribution in [2.75, 3.05) is 44.2 Å². The molecule has 6 nitrogen and oxygen atoms in total. The highest BCUT2D eigenvalue weighted by Gasteiger charge is 2.30. The molecule has 3 rings (SSSR count). The summed E-state index contributed by atoms with van der Waals surface area (Å²) in [6.45, 7) is 3.38. The number of rotatable bonds is 5. The van der Waals surface area contributed by atoms with Crippen molar-refractivity contribution < 1.29 is 14.7 Å². The number of nitrogens with zero attached hydrogens (tertiary/aromatic N) is 3. The molecule has 0 spiro atoms. The zero-order chi connectivity index (χ0) is 19.1. The third-order valence-electron chi connectivity index (χ3n) is 4.76. The van der Waals surface area contributed by atoms with Crippen molar-refractivity contribution in [3.8, 4) is 0 Å². The molecule has 1 fully saturated rings. The maximum Gasteiger partial charge on any atom is 0.316 e. The normalized spacial score (nSPS) is 14.8. The molecule has 1 saturated heterocycles. The number of β-amino-alcohol motifs (C(OH)–C–C–N with tert-alkyl or cyclic N) is 1. The smallest absolute Gasteiger partial charge is 0.316 e. The zero-order valence-electron chi connectivity index (χ0n) is 15.3. The van der Waals surface area contributed by atoms with Gasteiger partial charge in [0.05, 0.1) is 13.2 Å². The first-order chi connectivity index (χ1) is 13.2. The van der Waals surface area contributed by atoms with E-state index in [9.17, 15) is 9.59 Å². The molecule has 27 heavy (non-hydrogen) atoms. The maximum atomic E-state index is 13.0. The lowest BCUT2D eigenvalue weighted by Crippen LogP contribution is -2.53. The Hall–Kier alpha value is -2.70. The van der Waals surface area contributed by atoms with Gasteiger partial charge in [-0.3, -0.25) is 19.4 Å². The summed E-state index contributed by atoms with van der Waals surface area (Å²) < 4.78 is 0. The second kappa shape index (κ2) is 9.30. The summed E-state index contributed by atoms with van der Waals surface area (Å²) in [4.78, 5) is 31.1. The fourth-order valence-electron chi connectivity index (χ4n) is 3.22. The average Bonchev–Trinajstić information content (AvgIpc) is 2.73. The van der Waals surface area contributed by atoms with Crippen LogP contribution in [0.5, 0.6) is 0 Å². The Morgan fingerprint density at radius 2 is 1.48 bits per heavy atom. The van der Waals surface area contributed by atoms with Gasteiger partial charge in [-0.2, -0.15) is 0 Å². The van der Waals surface area contributed by atoms with Crippen molar-refractivity contribution >= 4 is 17.5 Å². The molecule has 1 aliphatic heterocycles. The molecule has 2 aromatic rings. The molecule has 0 aliphatic carbocycles. The molecule has 1 aliphatic rings. The lowest BCUT2D eigenvalue weighted by molar-refractivity contribution is -0.145. The number of carbonyl (C=O) groups is 2. The van der Waals surface area contributed by atoms with Crippen LogP contribution in [0.15, 0.2) is 60.7 Å². The summed E-state index contributed by atoms with van der Waals surface area (Å²) in [7, 11) is 0. The van der Waals surface area contributed by atoms with E-state index in [1.165, 1.54) is 4.90 Å². The molecule has 0 atom stereocenters.